The lowest BCUT2D eigenvalue weighted by Gasteiger charge is -2.42. The second kappa shape index (κ2) is 7.52. The summed E-state index contributed by atoms with van der Waals surface area (Å²) in [6, 6.07) is 9.42. The maximum absolute atomic E-state index is 3.71. The number of hydrogen-bond donors (Lipinski definition) is 1. The van der Waals surface area contributed by atoms with Crippen LogP contribution in [0, 0.1) is 11.3 Å². The van der Waals surface area contributed by atoms with E-state index in [9.17, 15) is 0 Å². The van der Waals surface area contributed by atoms with E-state index in [4.69, 9.17) is 0 Å². The SMILES string of the molecule is CCNC1CCC(C(C)(C)C)CC1Sc1ccc(Br)cc1. The van der Waals surface area contributed by atoms with Gasteiger partial charge in [0, 0.05) is 20.7 Å². The van der Waals surface area contributed by atoms with Gasteiger partial charge in [-0.2, -0.15) is 0 Å². The highest BCUT2D eigenvalue weighted by Gasteiger charge is 2.35. The van der Waals surface area contributed by atoms with Gasteiger partial charge in [0.05, 0.1) is 0 Å². The van der Waals surface area contributed by atoms with Crippen LogP contribution in [0.5, 0.6) is 0 Å². The van der Waals surface area contributed by atoms with Gasteiger partial charge in [-0.25, -0.2) is 0 Å². The number of halogens is 1. The predicted molar refractivity (Wildman–Crippen MR) is 98.0 cm³/mol. The van der Waals surface area contributed by atoms with Gasteiger partial charge >= 0.3 is 0 Å². The van der Waals surface area contributed by atoms with Gasteiger partial charge in [-0.05, 0) is 61.4 Å². The van der Waals surface area contributed by atoms with E-state index in [0.29, 0.717) is 16.7 Å². The number of nitrogens with one attached hydrogen (secondary N) is 1. The van der Waals surface area contributed by atoms with Crippen molar-refractivity contribution in [3.8, 4) is 0 Å². The number of hydrogen-bond acceptors (Lipinski definition) is 2. The van der Waals surface area contributed by atoms with E-state index in [1.807, 2.05) is 0 Å². The Balaban J connectivity index is 2.08. The van der Waals surface area contributed by atoms with Crippen LogP contribution in [-0.2, 0) is 0 Å². The number of benzene rings is 1. The normalized spacial score (nSPS) is 26.8. The second-order valence-corrected chi connectivity index (χ2v) is 9.38. The van der Waals surface area contributed by atoms with E-state index >= 15 is 0 Å². The molecule has 0 spiro atoms. The number of rotatable bonds is 4. The molecule has 2 rings (SSSR count). The molecule has 1 fully saturated rings. The largest absolute Gasteiger partial charge is 0.313 e. The Kier molecular flexibility index (Phi) is 6.22. The first-order chi connectivity index (χ1) is 9.90. The molecule has 1 N–H and O–H groups in total. The van der Waals surface area contributed by atoms with Gasteiger partial charge < -0.3 is 5.32 Å². The van der Waals surface area contributed by atoms with Gasteiger partial charge in [0.2, 0.25) is 0 Å². The fourth-order valence-corrected chi connectivity index (χ4v) is 4.86. The molecule has 1 aromatic rings. The Bertz CT molecular complexity index is 438. The summed E-state index contributed by atoms with van der Waals surface area (Å²) >= 11 is 5.58. The highest BCUT2D eigenvalue weighted by molar-refractivity contribution is 9.10. The summed E-state index contributed by atoms with van der Waals surface area (Å²) in [6.07, 6.45) is 3.99. The van der Waals surface area contributed by atoms with Crippen LogP contribution >= 0.6 is 27.7 Å². The standard InChI is InChI=1S/C18H28BrNS/c1-5-20-16-11-6-13(18(2,3)4)12-17(16)21-15-9-7-14(19)8-10-15/h7-10,13,16-17,20H,5-6,11-12H2,1-4H3. The zero-order valence-corrected chi connectivity index (χ0v) is 16.1. The van der Waals surface area contributed by atoms with Crippen molar-refractivity contribution < 1.29 is 0 Å². The minimum atomic E-state index is 0.426. The fourth-order valence-electron chi connectivity index (χ4n) is 3.23. The molecule has 1 saturated carbocycles. The Hall–Kier alpha value is 0.01000. The van der Waals surface area contributed by atoms with Gasteiger partial charge in [0.15, 0.2) is 0 Å². The molecule has 1 aliphatic rings. The number of thioether (sulfide) groups is 1. The second-order valence-electron chi connectivity index (χ2n) is 7.15. The summed E-state index contributed by atoms with van der Waals surface area (Å²) in [5, 5.41) is 4.39. The molecule has 0 amide bonds. The molecule has 3 unspecified atom stereocenters. The summed E-state index contributed by atoms with van der Waals surface area (Å²) < 4.78 is 1.16. The summed E-state index contributed by atoms with van der Waals surface area (Å²) in [5.74, 6) is 0.834. The average Bonchev–Trinajstić information content (AvgIpc) is 2.42. The van der Waals surface area contributed by atoms with E-state index in [2.05, 4.69) is 85.0 Å². The van der Waals surface area contributed by atoms with Crippen molar-refractivity contribution in [1.29, 1.82) is 0 Å². The van der Waals surface area contributed by atoms with Crippen LogP contribution in [0.4, 0.5) is 0 Å². The highest BCUT2D eigenvalue weighted by Crippen LogP contribution is 2.43. The van der Waals surface area contributed by atoms with Crippen LogP contribution in [0.3, 0.4) is 0 Å². The van der Waals surface area contributed by atoms with Crippen LogP contribution in [-0.4, -0.2) is 17.8 Å². The topological polar surface area (TPSA) is 12.0 Å². The Morgan fingerprint density at radius 1 is 1.19 bits per heavy atom. The van der Waals surface area contributed by atoms with E-state index in [0.717, 1.165) is 16.9 Å². The molecule has 3 atom stereocenters. The van der Waals surface area contributed by atoms with Crippen LogP contribution in [0.1, 0.15) is 47.0 Å². The lowest BCUT2D eigenvalue weighted by molar-refractivity contribution is 0.165. The van der Waals surface area contributed by atoms with Crippen molar-refractivity contribution in [3.05, 3.63) is 28.7 Å². The van der Waals surface area contributed by atoms with Gasteiger partial charge in [0.25, 0.3) is 0 Å². The van der Waals surface area contributed by atoms with E-state index in [1.54, 1.807) is 0 Å². The van der Waals surface area contributed by atoms with Crippen LogP contribution in [0.2, 0.25) is 0 Å². The van der Waals surface area contributed by atoms with Gasteiger partial charge in [-0.15, -0.1) is 11.8 Å². The van der Waals surface area contributed by atoms with Crippen molar-refractivity contribution >= 4 is 27.7 Å². The maximum atomic E-state index is 3.71. The fraction of sp³-hybridized carbons (Fsp3) is 0.667. The maximum Gasteiger partial charge on any atom is 0.0251 e. The third-order valence-electron chi connectivity index (χ3n) is 4.58. The molecule has 118 valence electrons. The summed E-state index contributed by atoms with van der Waals surface area (Å²) in [5.41, 5.74) is 0.426. The molecular weight excluding hydrogens is 342 g/mol. The minimum absolute atomic E-state index is 0.426. The van der Waals surface area contributed by atoms with Crippen molar-refractivity contribution in [3.63, 3.8) is 0 Å². The summed E-state index contributed by atoms with van der Waals surface area (Å²) in [4.78, 5) is 1.39. The van der Waals surface area contributed by atoms with Crippen molar-refractivity contribution in [1.82, 2.24) is 5.32 Å². The average molecular weight is 370 g/mol. The lowest BCUT2D eigenvalue weighted by Crippen LogP contribution is -2.44. The van der Waals surface area contributed by atoms with Crippen molar-refractivity contribution in [2.75, 3.05) is 6.54 Å². The molecular formula is C18H28BrNS. The van der Waals surface area contributed by atoms with Crippen LogP contribution in [0.25, 0.3) is 0 Å². The van der Waals surface area contributed by atoms with E-state index in [1.165, 1.54) is 24.2 Å². The van der Waals surface area contributed by atoms with Crippen LogP contribution < -0.4 is 5.32 Å². The minimum Gasteiger partial charge on any atom is -0.313 e. The first kappa shape index (κ1) is 17.4. The highest BCUT2D eigenvalue weighted by atomic mass is 79.9. The van der Waals surface area contributed by atoms with Crippen LogP contribution in [0.15, 0.2) is 33.6 Å². The van der Waals surface area contributed by atoms with Crippen molar-refractivity contribution in [2.24, 2.45) is 11.3 Å². The molecule has 0 aromatic heterocycles. The zero-order chi connectivity index (χ0) is 15.5. The first-order valence-electron chi connectivity index (χ1n) is 8.05. The van der Waals surface area contributed by atoms with E-state index < -0.39 is 0 Å². The van der Waals surface area contributed by atoms with Crippen molar-refractivity contribution in [2.45, 2.75) is 63.1 Å². The Labute approximate surface area is 142 Å². The molecule has 1 nitrogen and oxygen atoms in total. The van der Waals surface area contributed by atoms with Gasteiger partial charge in [-0.1, -0.05) is 43.6 Å². The molecule has 1 aromatic carbocycles. The molecule has 0 bridgehead atoms. The van der Waals surface area contributed by atoms with Gasteiger partial charge in [0.1, 0.15) is 0 Å². The molecule has 3 heteroatoms. The quantitative estimate of drug-likeness (QED) is 0.726. The predicted octanol–water partition coefficient (Wildman–Crippen LogP) is 5.73. The Morgan fingerprint density at radius 3 is 2.43 bits per heavy atom. The monoisotopic (exact) mass is 369 g/mol. The third-order valence-corrected chi connectivity index (χ3v) is 6.48. The molecule has 0 radical (unpaired) electrons. The lowest BCUT2D eigenvalue weighted by atomic mass is 9.71. The van der Waals surface area contributed by atoms with Gasteiger partial charge in [-0.3, -0.25) is 0 Å². The first-order valence-corrected chi connectivity index (χ1v) is 9.73. The zero-order valence-electron chi connectivity index (χ0n) is 13.7. The smallest absolute Gasteiger partial charge is 0.0251 e. The van der Waals surface area contributed by atoms with E-state index in [-0.39, 0.29) is 0 Å². The summed E-state index contributed by atoms with van der Waals surface area (Å²) in [6.45, 7) is 10.5. The Morgan fingerprint density at radius 2 is 1.86 bits per heavy atom. The molecule has 21 heavy (non-hydrogen) atoms. The summed E-state index contributed by atoms with van der Waals surface area (Å²) in [7, 11) is 0. The molecule has 0 aliphatic heterocycles. The molecule has 0 heterocycles. The molecule has 0 saturated heterocycles. The molecule has 1 aliphatic carbocycles. The third kappa shape index (κ3) is 5.01.